The Labute approximate surface area is 107 Å². The fourth-order valence-electron chi connectivity index (χ4n) is 2.43. The largest absolute Gasteiger partial charge is 0.508 e. The maximum absolute atomic E-state index is 12.1. The molecule has 1 aromatic carbocycles. The van der Waals surface area contributed by atoms with Crippen molar-refractivity contribution in [3.63, 3.8) is 0 Å². The summed E-state index contributed by atoms with van der Waals surface area (Å²) in [5.41, 5.74) is 7.26. The molecule has 4 N–H and O–H groups in total. The smallest absolute Gasteiger partial charge is 0.251 e. The number of amides is 1. The highest BCUT2D eigenvalue weighted by molar-refractivity contribution is 5.95. The molecule has 0 aliphatic heterocycles. The van der Waals surface area contributed by atoms with E-state index in [9.17, 15) is 9.90 Å². The summed E-state index contributed by atoms with van der Waals surface area (Å²) in [4.78, 5) is 12.1. The second kappa shape index (κ2) is 5.40. The third kappa shape index (κ3) is 3.01. The van der Waals surface area contributed by atoms with Crippen molar-refractivity contribution in [2.75, 3.05) is 0 Å². The lowest BCUT2D eigenvalue weighted by Crippen LogP contribution is -2.40. The molecule has 0 heterocycles. The number of hydrogen-bond donors (Lipinski definition) is 3. The number of aromatic hydroxyl groups is 1. The van der Waals surface area contributed by atoms with Crippen LogP contribution in [0.1, 0.15) is 41.6 Å². The van der Waals surface area contributed by atoms with Crippen molar-refractivity contribution < 1.29 is 9.90 Å². The quantitative estimate of drug-likeness (QED) is 0.745. The highest BCUT2D eigenvalue weighted by Crippen LogP contribution is 2.19. The number of nitrogens with two attached hydrogens (primary N) is 1. The summed E-state index contributed by atoms with van der Waals surface area (Å²) < 4.78 is 0. The van der Waals surface area contributed by atoms with Crippen LogP contribution in [-0.2, 0) is 0 Å². The third-order valence-corrected chi connectivity index (χ3v) is 3.56. The summed E-state index contributed by atoms with van der Waals surface area (Å²) >= 11 is 0. The Hall–Kier alpha value is -1.55. The van der Waals surface area contributed by atoms with Crippen LogP contribution < -0.4 is 11.1 Å². The van der Waals surface area contributed by atoms with Gasteiger partial charge in [0.25, 0.3) is 5.91 Å². The second-order valence-electron chi connectivity index (χ2n) is 5.08. The van der Waals surface area contributed by atoms with Crippen molar-refractivity contribution in [3.05, 3.63) is 29.3 Å². The van der Waals surface area contributed by atoms with Gasteiger partial charge in [-0.15, -0.1) is 0 Å². The van der Waals surface area contributed by atoms with E-state index in [4.69, 9.17) is 5.73 Å². The van der Waals surface area contributed by atoms with E-state index < -0.39 is 0 Å². The van der Waals surface area contributed by atoms with Gasteiger partial charge in [0, 0.05) is 17.6 Å². The first-order valence-electron chi connectivity index (χ1n) is 6.42. The number of nitrogens with one attached hydrogen (secondary N) is 1. The van der Waals surface area contributed by atoms with E-state index in [-0.39, 0.29) is 23.7 Å². The van der Waals surface area contributed by atoms with Crippen LogP contribution in [0.15, 0.2) is 18.2 Å². The molecule has 0 saturated heterocycles. The van der Waals surface area contributed by atoms with Crippen molar-refractivity contribution >= 4 is 5.91 Å². The maximum Gasteiger partial charge on any atom is 0.251 e. The summed E-state index contributed by atoms with van der Waals surface area (Å²) in [6, 6.07) is 5.32. The normalized spacial score (nSPS) is 23.7. The van der Waals surface area contributed by atoms with Gasteiger partial charge in [0.2, 0.25) is 0 Å². The van der Waals surface area contributed by atoms with Gasteiger partial charge in [-0.05, 0) is 56.4 Å². The van der Waals surface area contributed by atoms with Crippen molar-refractivity contribution in [1.29, 1.82) is 0 Å². The molecule has 1 aliphatic rings. The molecular weight excluding hydrogens is 228 g/mol. The molecule has 0 atom stereocenters. The number of carbonyl (C=O) groups is 1. The molecule has 0 spiro atoms. The molecule has 18 heavy (non-hydrogen) atoms. The molecular formula is C14H20N2O2. The molecule has 1 amide bonds. The van der Waals surface area contributed by atoms with Gasteiger partial charge in [0.1, 0.15) is 5.75 Å². The predicted octanol–water partition coefficient (Wildman–Crippen LogP) is 1.70. The van der Waals surface area contributed by atoms with Crippen molar-refractivity contribution in [2.24, 2.45) is 5.73 Å². The summed E-state index contributed by atoms with van der Waals surface area (Å²) in [7, 11) is 0. The Morgan fingerprint density at radius 3 is 2.61 bits per heavy atom. The first-order chi connectivity index (χ1) is 8.56. The summed E-state index contributed by atoms with van der Waals surface area (Å²) in [6.45, 7) is 1.82. The van der Waals surface area contributed by atoms with Gasteiger partial charge in [-0.2, -0.15) is 0 Å². The van der Waals surface area contributed by atoms with Gasteiger partial charge >= 0.3 is 0 Å². The lowest BCUT2D eigenvalue weighted by Gasteiger charge is -2.27. The lowest BCUT2D eigenvalue weighted by atomic mass is 9.91. The topological polar surface area (TPSA) is 75.3 Å². The van der Waals surface area contributed by atoms with Crippen LogP contribution in [0.25, 0.3) is 0 Å². The van der Waals surface area contributed by atoms with Crippen LogP contribution in [0.2, 0.25) is 0 Å². The van der Waals surface area contributed by atoms with E-state index in [1.165, 1.54) is 0 Å². The van der Waals surface area contributed by atoms with E-state index in [1.54, 1.807) is 18.2 Å². The molecule has 0 radical (unpaired) electrons. The van der Waals surface area contributed by atoms with E-state index in [1.807, 2.05) is 6.92 Å². The number of carbonyl (C=O) groups excluding carboxylic acids is 1. The molecule has 1 aliphatic carbocycles. The Morgan fingerprint density at radius 2 is 2.00 bits per heavy atom. The molecule has 2 rings (SSSR count). The Balaban J connectivity index is 1.99. The number of phenols is 1. The van der Waals surface area contributed by atoms with Gasteiger partial charge in [0.05, 0.1) is 0 Å². The van der Waals surface area contributed by atoms with E-state index in [0.717, 1.165) is 31.2 Å². The van der Waals surface area contributed by atoms with Gasteiger partial charge in [-0.25, -0.2) is 0 Å². The fourth-order valence-corrected chi connectivity index (χ4v) is 2.43. The van der Waals surface area contributed by atoms with E-state index >= 15 is 0 Å². The highest BCUT2D eigenvalue weighted by Gasteiger charge is 2.21. The standard InChI is InChI=1S/C14H20N2O2/c1-9-8-12(17)6-7-13(9)14(18)16-11-4-2-10(15)3-5-11/h6-8,10-11,17H,2-5,15H2,1H3,(H,16,18). The van der Waals surface area contributed by atoms with E-state index in [2.05, 4.69) is 5.32 Å². The van der Waals surface area contributed by atoms with Gasteiger partial charge in [0.15, 0.2) is 0 Å². The highest BCUT2D eigenvalue weighted by atomic mass is 16.3. The number of benzene rings is 1. The summed E-state index contributed by atoms with van der Waals surface area (Å²) in [6.07, 6.45) is 3.84. The molecule has 4 heteroatoms. The minimum Gasteiger partial charge on any atom is -0.508 e. The molecule has 98 valence electrons. The van der Waals surface area contributed by atoms with Gasteiger partial charge in [-0.1, -0.05) is 0 Å². The fraction of sp³-hybridized carbons (Fsp3) is 0.500. The average Bonchev–Trinajstić information content (AvgIpc) is 2.32. The first-order valence-corrected chi connectivity index (χ1v) is 6.42. The molecule has 4 nitrogen and oxygen atoms in total. The van der Waals surface area contributed by atoms with Gasteiger partial charge in [-0.3, -0.25) is 4.79 Å². The Bertz CT molecular complexity index is 437. The summed E-state index contributed by atoms with van der Waals surface area (Å²) in [5, 5.41) is 12.4. The van der Waals surface area contributed by atoms with Crippen LogP contribution in [0, 0.1) is 6.92 Å². The molecule has 0 aromatic heterocycles. The van der Waals surface area contributed by atoms with Gasteiger partial charge < -0.3 is 16.2 Å². The predicted molar refractivity (Wildman–Crippen MR) is 70.5 cm³/mol. The zero-order chi connectivity index (χ0) is 13.1. The number of aryl methyl sites for hydroxylation is 1. The van der Waals surface area contributed by atoms with Crippen LogP contribution in [0.3, 0.4) is 0 Å². The van der Waals surface area contributed by atoms with Crippen molar-refractivity contribution in [1.82, 2.24) is 5.32 Å². The van der Waals surface area contributed by atoms with Crippen LogP contribution in [0.4, 0.5) is 0 Å². The average molecular weight is 248 g/mol. The van der Waals surface area contributed by atoms with Crippen LogP contribution >= 0.6 is 0 Å². The summed E-state index contributed by atoms with van der Waals surface area (Å²) in [5.74, 6) is 0.126. The molecule has 1 aromatic rings. The number of hydrogen-bond acceptors (Lipinski definition) is 3. The number of phenolic OH excluding ortho intramolecular Hbond substituents is 1. The lowest BCUT2D eigenvalue weighted by molar-refractivity contribution is 0.0925. The molecule has 0 bridgehead atoms. The minimum absolute atomic E-state index is 0.0621. The SMILES string of the molecule is Cc1cc(O)ccc1C(=O)NC1CCC(N)CC1. The zero-order valence-corrected chi connectivity index (χ0v) is 10.6. The van der Waals surface area contributed by atoms with Crippen molar-refractivity contribution in [2.45, 2.75) is 44.7 Å². The second-order valence-corrected chi connectivity index (χ2v) is 5.08. The Kier molecular flexibility index (Phi) is 3.87. The van der Waals surface area contributed by atoms with Crippen molar-refractivity contribution in [3.8, 4) is 5.75 Å². The van der Waals surface area contributed by atoms with Crippen LogP contribution in [0.5, 0.6) is 5.75 Å². The number of rotatable bonds is 2. The minimum atomic E-state index is -0.0621. The van der Waals surface area contributed by atoms with E-state index in [0.29, 0.717) is 5.56 Å². The third-order valence-electron chi connectivity index (χ3n) is 3.56. The molecule has 1 fully saturated rings. The molecule has 0 unspecified atom stereocenters. The molecule has 1 saturated carbocycles. The maximum atomic E-state index is 12.1. The first kappa shape index (κ1) is 12.9. The van der Waals surface area contributed by atoms with Crippen LogP contribution in [-0.4, -0.2) is 23.1 Å². The zero-order valence-electron chi connectivity index (χ0n) is 10.6. The monoisotopic (exact) mass is 248 g/mol. The Morgan fingerprint density at radius 1 is 1.33 bits per heavy atom.